The van der Waals surface area contributed by atoms with Gasteiger partial charge in [-0.15, -0.1) is 0 Å². The molecule has 0 saturated carbocycles. The van der Waals surface area contributed by atoms with Crippen LogP contribution in [0.15, 0.2) is 46.2 Å². The summed E-state index contributed by atoms with van der Waals surface area (Å²) in [5.41, 5.74) is 6.45. The normalized spacial score (nSPS) is 13.1. The first-order valence-electron chi connectivity index (χ1n) is 6.27. The number of rotatable bonds is 3. The van der Waals surface area contributed by atoms with E-state index in [1.165, 1.54) is 0 Å². The summed E-state index contributed by atoms with van der Waals surface area (Å²) in [6.45, 7) is 1.20. The molecule has 4 nitrogen and oxygen atoms in total. The van der Waals surface area contributed by atoms with Gasteiger partial charge in [0, 0.05) is 9.79 Å². The minimum atomic E-state index is 0.594. The smallest absolute Gasteiger partial charge is 0.162 e. The molecule has 1 aliphatic heterocycles. The Bertz CT molecular complexity index is 631. The lowest BCUT2D eigenvalue weighted by Crippen LogP contribution is -2.15. The van der Waals surface area contributed by atoms with Crippen LogP contribution in [-0.2, 0) is 0 Å². The van der Waals surface area contributed by atoms with Gasteiger partial charge >= 0.3 is 0 Å². The van der Waals surface area contributed by atoms with Gasteiger partial charge in [-0.05, 0) is 36.4 Å². The van der Waals surface area contributed by atoms with Crippen LogP contribution >= 0.6 is 11.8 Å². The van der Waals surface area contributed by atoms with Crippen molar-refractivity contribution < 1.29 is 14.2 Å². The van der Waals surface area contributed by atoms with E-state index in [9.17, 15) is 0 Å². The number of hydrogen-bond donors (Lipinski definition) is 1. The fourth-order valence-corrected chi connectivity index (χ4v) is 2.85. The summed E-state index contributed by atoms with van der Waals surface area (Å²) in [6.07, 6.45) is 0. The van der Waals surface area contributed by atoms with Crippen LogP contribution in [-0.4, -0.2) is 20.3 Å². The molecule has 0 aliphatic carbocycles. The molecule has 1 heterocycles. The van der Waals surface area contributed by atoms with E-state index in [1.807, 2.05) is 36.4 Å². The number of fused-ring (bicyclic) bond motifs is 1. The maximum atomic E-state index is 5.81. The molecule has 0 radical (unpaired) electrons. The molecule has 5 heteroatoms. The molecule has 2 aromatic rings. The van der Waals surface area contributed by atoms with Crippen molar-refractivity contribution in [3.63, 3.8) is 0 Å². The zero-order valence-electron chi connectivity index (χ0n) is 11.1. The van der Waals surface area contributed by atoms with Gasteiger partial charge in [-0.25, -0.2) is 0 Å². The minimum Gasteiger partial charge on any atom is -0.495 e. The monoisotopic (exact) mass is 289 g/mol. The lowest BCUT2D eigenvalue weighted by molar-refractivity contribution is 0.171. The van der Waals surface area contributed by atoms with Crippen molar-refractivity contribution in [2.75, 3.05) is 26.1 Å². The number of ether oxygens (including phenoxy) is 3. The van der Waals surface area contributed by atoms with Crippen LogP contribution in [0.3, 0.4) is 0 Å². The molecular weight excluding hydrogens is 274 g/mol. The summed E-state index contributed by atoms with van der Waals surface area (Å²) in [4.78, 5) is 2.15. The summed E-state index contributed by atoms with van der Waals surface area (Å²) >= 11 is 1.63. The van der Waals surface area contributed by atoms with Gasteiger partial charge in [-0.2, -0.15) is 0 Å². The average molecular weight is 289 g/mol. The molecule has 0 saturated heterocycles. The van der Waals surface area contributed by atoms with Crippen molar-refractivity contribution in [1.29, 1.82) is 0 Å². The second-order valence-electron chi connectivity index (χ2n) is 4.31. The zero-order valence-corrected chi connectivity index (χ0v) is 11.9. The van der Waals surface area contributed by atoms with Crippen molar-refractivity contribution in [3.8, 4) is 17.2 Å². The number of anilines is 1. The molecule has 2 N–H and O–H groups in total. The molecule has 0 amide bonds. The molecule has 2 aromatic carbocycles. The van der Waals surface area contributed by atoms with E-state index in [4.69, 9.17) is 19.9 Å². The standard InChI is InChI=1S/C15H15NO3S/c1-17-14-8-10(2-4-12(14)16)20-11-3-5-13-15(9-11)19-7-6-18-13/h2-5,8-9H,6-7,16H2,1H3. The summed E-state index contributed by atoms with van der Waals surface area (Å²) < 4.78 is 16.3. The lowest BCUT2D eigenvalue weighted by atomic mass is 10.3. The molecule has 20 heavy (non-hydrogen) atoms. The van der Waals surface area contributed by atoms with E-state index in [0.717, 1.165) is 21.3 Å². The van der Waals surface area contributed by atoms with Gasteiger partial charge in [-0.3, -0.25) is 0 Å². The molecule has 0 atom stereocenters. The van der Waals surface area contributed by atoms with Gasteiger partial charge in [0.05, 0.1) is 12.8 Å². The zero-order chi connectivity index (χ0) is 13.9. The summed E-state index contributed by atoms with van der Waals surface area (Å²) in [5, 5.41) is 0. The highest BCUT2D eigenvalue weighted by molar-refractivity contribution is 7.99. The van der Waals surface area contributed by atoms with Gasteiger partial charge in [0.1, 0.15) is 19.0 Å². The third-order valence-electron chi connectivity index (χ3n) is 2.95. The van der Waals surface area contributed by atoms with E-state index in [1.54, 1.807) is 18.9 Å². The number of nitrogen functional groups attached to an aromatic ring is 1. The van der Waals surface area contributed by atoms with Gasteiger partial charge in [0.2, 0.25) is 0 Å². The van der Waals surface area contributed by atoms with Crippen LogP contribution in [0.25, 0.3) is 0 Å². The molecule has 104 valence electrons. The third-order valence-corrected chi connectivity index (χ3v) is 3.93. The molecular formula is C15H15NO3S. The fourth-order valence-electron chi connectivity index (χ4n) is 1.98. The van der Waals surface area contributed by atoms with Crippen molar-refractivity contribution >= 4 is 17.4 Å². The second-order valence-corrected chi connectivity index (χ2v) is 5.46. The van der Waals surface area contributed by atoms with Crippen LogP contribution in [0.2, 0.25) is 0 Å². The number of methoxy groups -OCH3 is 1. The third kappa shape index (κ3) is 2.63. The van der Waals surface area contributed by atoms with E-state index < -0.39 is 0 Å². The molecule has 0 aromatic heterocycles. The van der Waals surface area contributed by atoms with Crippen molar-refractivity contribution in [2.45, 2.75) is 9.79 Å². The summed E-state index contributed by atoms with van der Waals surface area (Å²) in [6, 6.07) is 11.7. The van der Waals surface area contributed by atoms with E-state index in [-0.39, 0.29) is 0 Å². The molecule has 0 bridgehead atoms. The lowest BCUT2D eigenvalue weighted by Gasteiger charge is -2.18. The van der Waals surface area contributed by atoms with Gasteiger partial charge in [-0.1, -0.05) is 11.8 Å². The first kappa shape index (κ1) is 13.0. The van der Waals surface area contributed by atoms with Crippen LogP contribution in [0.1, 0.15) is 0 Å². The van der Waals surface area contributed by atoms with Crippen molar-refractivity contribution in [2.24, 2.45) is 0 Å². The Labute approximate surface area is 121 Å². The molecule has 0 spiro atoms. The highest BCUT2D eigenvalue weighted by atomic mass is 32.2. The van der Waals surface area contributed by atoms with Crippen LogP contribution in [0.4, 0.5) is 5.69 Å². The summed E-state index contributed by atoms with van der Waals surface area (Å²) in [7, 11) is 1.62. The maximum absolute atomic E-state index is 5.81. The summed E-state index contributed by atoms with van der Waals surface area (Å²) in [5.74, 6) is 2.28. The quantitative estimate of drug-likeness (QED) is 0.879. The average Bonchev–Trinajstić information content (AvgIpc) is 2.49. The second kappa shape index (κ2) is 5.54. The minimum absolute atomic E-state index is 0.594. The van der Waals surface area contributed by atoms with Crippen molar-refractivity contribution in [1.82, 2.24) is 0 Å². The fraction of sp³-hybridized carbons (Fsp3) is 0.200. The van der Waals surface area contributed by atoms with Crippen molar-refractivity contribution in [3.05, 3.63) is 36.4 Å². The molecule has 0 unspecified atom stereocenters. The Morgan fingerprint density at radius 3 is 2.50 bits per heavy atom. The van der Waals surface area contributed by atoms with Gasteiger partial charge < -0.3 is 19.9 Å². The van der Waals surface area contributed by atoms with E-state index >= 15 is 0 Å². The van der Waals surface area contributed by atoms with Crippen LogP contribution < -0.4 is 19.9 Å². The largest absolute Gasteiger partial charge is 0.495 e. The maximum Gasteiger partial charge on any atom is 0.162 e. The number of benzene rings is 2. The Morgan fingerprint density at radius 1 is 1.00 bits per heavy atom. The van der Waals surface area contributed by atoms with E-state index in [0.29, 0.717) is 24.7 Å². The molecule has 3 rings (SSSR count). The first-order valence-corrected chi connectivity index (χ1v) is 7.09. The number of hydrogen-bond acceptors (Lipinski definition) is 5. The Hall–Kier alpha value is -2.01. The van der Waals surface area contributed by atoms with Crippen LogP contribution in [0.5, 0.6) is 17.2 Å². The Kier molecular flexibility index (Phi) is 3.60. The van der Waals surface area contributed by atoms with Crippen LogP contribution in [0, 0.1) is 0 Å². The number of nitrogens with two attached hydrogens (primary N) is 1. The SMILES string of the molecule is COc1cc(Sc2ccc3c(c2)OCCO3)ccc1N. The van der Waals surface area contributed by atoms with Gasteiger partial charge in [0.15, 0.2) is 11.5 Å². The molecule has 1 aliphatic rings. The van der Waals surface area contributed by atoms with Gasteiger partial charge in [0.25, 0.3) is 0 Å². The highest BCUT2D eigenvalue weighted by Gasteiger charge is 2.12. The first-order chi connectivity index (χ1) is 9.76. The predicted octanol–water partition coefficient (Wildman–Crippen LogP) is 3.20. The Balaban J connectivity index is 1.84. The highest BCUT2D eigenvalue weighted by Crippen LogP contribution is 2.38. The van der Waals surface area contributed by atoms with E-state index in [2.05, 4.69) is 0 Å². The Morgan fingerprint density at radius 2 is 1.70 bits per heavy atom. The molecule has 0 fully saturated rings. The topological polar surface area (TPSA) is 53.7 Å². The predicted molar refractivity (Wildman–Crippen MR) is 79.0 cm³/mol.